The van der Waals surface area contributed by atoms with Crippen molar-refractivity contribution in [2.24, 2.45) is 23.7 Å². The molecule has 2 saturated heterocycles. The Kier molecular flexibility index (Phi) is 10.8. The quantitative estimate of drug-likeness (QED) is 0.273. The molecule has 4 fully saturated rings. The molecule has 302 valence electrons. The monoisotopic (exact) mass is 813 g/mol. The van der Waals surface area contributed by atoms with Gasteiger partial charge in [0.2, 0.25) is 21.8 Å². The van der Waals surface area contributed by atoms with Gasteiger partial charge >= 0.3 is 5.97 Å². The van der Waals surface area contributed by atoms with Crippen LogP contribution < -0.4 is 10.0 Å². The van der Waals surface area contributed by atoms with Crippen molar-refractivity contribution in [3.05, 3.63) is 47.2 Å². The van der Waals surface area contributed by atoms with Crippen molar-refractivity contribution >= 4 is 51.0 Å². The summed E-state index contributed by atoms with van der Waals surface area (Å²) < 4.78 is 47.6. The van der Waals surface area contributed by atoms with Gasteiger partial charge in [-0.2, -0.15) is 0 Å². The topological polar surface area (TPSA) is 192 Å². The predicted octanol–water partition coefficient (Wildman–Crippen LogP) is 3.91. The Bertz CT molecular complexity index is 2060. The van der Waals surface area contributed by atoms with Gasteiger partial charge in [0, 0.05) is 54.2 Å². The third-order valence-electron chi connectivity index (χ3n) is 11.4. The molecule has 4 heterocycles. The number of thiazole rings is 1. The molecule has 1 aromatic heterocycles. The first-order valence-electron chi connectivity index (χ1n) is 19.3. The first-order valence-corrected chi connectivity index (χ1v) is 21.7. The number of fused-ring (bicyclic) bond motifs is 4. The number of hydrogen-bond acceptors (Lipinski definition) is 11. The second kappa shape index (κ2) is 15.2. The number of rotatable bonds is 7. The van der Waals surface area contributed by atoms with Crippen molar-refractivity contribution in [1.29, 1.82) is 0 Å². The normalized spacial score (nSPS) is 28.9. The minimum absolute atomic E-state index is 0.0847. The molecule has 7 rings (SSSR count). The molecule has 56 heavy (non-hydrogen) atoms. The van der Waals surface area contributed by atoms with Crippen molar-refractivity contribution in [3.63, 3.8) is 0 Å². The van der Waals surface area contributed by atoms with Gasteiger partial charge in [-0.05, 0) is 77.5 Å². The fraction of sp³-hybridized carbons (Fsp3) is 0.590. The zero-order valence-electron chi connectivity index (χ0n) is 31.7. The highest BCUT2D eigenvalue weighted by Crippen LogP contribution is 2.47. The molecular formula is C39H48FN5O9S2. The number of aromatic hydroxyl groups is 1. The zero-order valence-corrected chi connectivity index (χ0v) is 33.3. The number of ether oxygens (including phenoxy) is 1. The molecule has 5 aliphatic rings. The maximum atomic E-state index is 14.6. The van der Waals surface area contributed by atoms with E-state index in [2.05, 4.69) is 15.0 Å². The maximum absolute atomic E-state index is 14.6. The van der Waals surface area contributed by atoms with E-state index in [9.17, 15) is 41.9 Å². The number of allylic oxidation sites excluding steroid dienone is 1. The van der Waals surface area contributed by atoms with Gasteiger partial charge in [-0.15, -0.1) is 11.3 Å². The largest absolute Gasteiger partial charge is 0.505 e. The summed E-state index contributed by atoms with van der Waals surface area (Å²) in [5.74, 6) is -6.22. The van der Waals surface area contributed by atoms with Crippen LogP contribution >= 0.6 is 11.3 Å². The molecule has 1 aromatic carbocycles. The zero-order chi connectivity index (χ0) is 40.2. The number of nitrogens with one attached hydrogen (secondary N) is 2. The Labute approximate surface area is 329 Å². The van der Waals surface area contributed by atoms with Crippen LogP contribution in [0.2, 0.25) is 0 Å². The van der Waals surface area contributed by atoms with Crippen LogP contribution in [0.5, 0.6) is 5.75 Å². The second-order valence-corrected chi connectivity index (χ2v) is 19.6. The fourth-order valence-electron chi connectivity index (χ4n) is 8.26. The highest BCUT2D eigenvalue weighted by Gasteiger charge is 2.63. The molecule has 4 amide bonds. The van der Waals surface area contributed by atoms with Gasteiger partial charge in [-0.25, -0.2) is 17.8 Å². The number of hydrogen-bond donors (Lipinski definition) is 3. The first kappa shape index (κ1) is 39.8. The standard InChI is InChI=1S/C39H48FN5O9S2/c1-38(2,3)54-31(47)16-23-9-7-5-4-6-8-10-25-17-39(25,37(51)43-56(52,53)26-12-13-26)42-33(48)32-27-20-44(18-24(27)19-45(32)35(23)49)36(50)29-21-55-34(41-29)22-11-14-30(46)28(40)15-22/h8,10-11,14-15,21,23-27,32,46H,4-7,9,12-13,16-20H2,1-3H3,(H,42,48)(H,43,51)/b10-8-/t23-,24+,25-,27+,32+,39-/m1/s1. The van der Waals surface area contributed by atoms with E-state index in [1.807, 2.05) is 12.2 Å². The number of likely N-dealkylation sites (tertiary alicyclic amines) is 1. The number of esters is 1. The van der Waals surface area contributed by atoms with Crippen molar-refractivity contribution in [2.75, 3.05) is 19.6 Å². The van der Waals surface area contributed by atoms with E-state index in [1.165, 1.54) is 17.0 Å². The number of nitrogens with zero attached hydrogens (tertiary/aromatic N) is 3. The molecule has 14 nitrogen and oxygen atoms in total. The van der Waals surface area contributed by atoms with Crippen molar-refractivity contribution in [2.45, 2.75) is 101 Å². The van der Waals surface area contributed by atoms with Crippen LogP contribution in [0, 0.1) is 29.5 Å². The van der Waals surface area contributed by atoms with Gasteiger partial charge in [0.15, 0.2) is 11.6 Å². The molecule has 0 radical (unpaired) electrons. The minimum Gasteiger partial charge on any atom is -0.505 e. The third kappa shape index (κ3) is 8.34. The van der Waals surface area contributed by atoms with Crippen LogP contribution in [0.25, 0.3) is 10.6 Å². The van der Waals surface area contributed by atoms with Crippen molar-refractivity contribution in [1.82, 2.24) is 24.8 Å². The third-order valence-corrected chi connectivity index (χ3v) is 14.1. The number of aromatic nitrogens is 1. The highest BCUT2D eigenvalue weighted by atomic mass is 32.2. The average Bonchev–Trinajstić information content (AvgIpc) is 3.94. The number of halogens is 1. The summed E-state index contributed by atoms with van der Waals surface area (Å²) in [5, 5.41) is 13.8. The van der Waals surface area contributed by atoms with Crippen LogP contribution in [0.1, 0.15) is 89.0 Å². The Morgan fingerprint density at radius 1 is 1.11 bits per heavy atom. The Balaban J connectivity index is 1.17. The summed E-state index contributed by atoms with van der Waals surface area (Å²) >= 11 is 1.14. The molecule has 2 saturated carbocycles. The SMILES string of the molecule is CC(C)(C)OC(=O)C[C@H]1CCCCC/C=C\[C@@H]2C[C@@]2(C(=O)NS(=O)(=O)C2CC2)NC(=O)[C@@H]2[C@H]3CN(C(=O)c4csc(-c5ccc(O)c(F)c5)n4)C[C@H]3CN2C1=O. The van der Waals surface area contributed by atoms with Gasteiger partial charge in [0.1, 0.15) is 27.9 Å². The molecule has 17 heteroatoms. The summed E-state index contributed by atoms with van der Waals surface area (Å²) in [6, 6.07) is 2.71. The molecule has 2 aromatic rings. The Hall–Kier alpha value is -4.38. The molecule has 2 aliphatic carbocycles. The van der Waals surface area contributed by atoms with Crippen molar-refractivity contribution in [3.8, 4) is 16.3 Å². The van der Waals surface area contributed by atoms with E-state index in [1.54, 1.807) is 31.1 Å². The van der Waals surface area contributed by atoms with Crippen LogP contribution in [0.3, 0.4) is 0 Å². The van der Waals surface area contributed by atoms with Crippen LogP contribution in [0.15, 0.2) is 35.7 Å². The molecule has 6 atom stereocenters. The Morgan fingerprint density at radius 2 is 1.88 bits per heavy atom. The van der Waals surface area contributed by atoms with E-state index >= 15 is 0 Å². The van der Waals surface area contributed by atoms with E-state index in [4.69, 9.17) is 4.74 Å². The van der Waals surface area contributed by atoms with E-state index in [0.29, 0.717) is 42.7 Å². The number of phenols is 1. The summed E-state index contributed by atoms with van der Waals surface area (Å²) in [4.78, 5) is 77.5. The fourth-order valence-corrected chi connectivity index (χ4v) is 10.4. The number of amides is 4. The van der Waals surface area contributed by atoms with Crippen LogP contribution in [-0.4, -0.2) is 100.0 Å². The van der Waals surface area contributed by atoms with Crippen molar-refractivity contribution < 1.29 is 46.6 Å². The number of sulfonamides is 1. The molecule has 3 aliphatic heterocycles. The van der Waals surface area contributed by atoms with Gasteiger partial charge in [0.25, 0.3) is 11.8 Å². The lowest BCUT2D eigenvalue weighted by Crippen LogP contribution is -2.58. The number of carbonyl (C=O) groups is 5. The summed E-state index contributed by atoms with van der Waals surface area (Å²) in [6.45, 7) is 5.64. The molecule has 3 N–H and O–H groups in total. The summed E-state index contributed by atoms with van der Waals surface area (Å²) in [7, 11) is -3.93. The van der Waals surface area contributed by atoms with Crippen LogP contribution in [-0.2, 0) is 33.9 Å². The van der Waals surface area contributed by atoms with E-state index < -0.39 is 85.5 Å². The average molecular weight is 814 g/mol. The Morgan fingerprint density at radius 3 is 2.59 bits per heavy atom. The second-order valence-electron chi connectivity index (χ2n) is 16.8. The number of carbonyl (C=O) groups excluding carboxylic acids is 5. The van der Waals surface area contributed by atoms with Gasteiger partial charge < -0.3 is 25.0 Å². The lowest BCUT2D eigenvalue weighted by molar-refractivity contribution is -0.159. The molecule has 0 spiro atoms. The maximum Gasteiger partial charge on any atom is 0.307 e. The summed E-state index contributed by atoms with van der Waals surface area (Å²) in [5.41, 5.74) is -1.80. The predicted molar refractivity (Wildman–Crippen MR) is 203 cm³/mol. The van der Waals surface area contributed by atoms with E-state index in [-0.39, 0.29) is 50.0 Å². The molecular weight excluding hydrogens is 766 g/mol. The minimum atomic E-state index is -3.93. The highest BCUT2D eigenvalue weighted by molar-refractivity contribution is 7.91. The lowest BCUT2D eigenvalue weighted by atomic mass is 9.92. The van der Waals surface area contributed by atoms with Gasteiger partial charge in [-0.3, -0.25) is 28.7 Å². The van der Waals surface area contributed by atoms with Gasteiger partial charge in [-0.1, -0.05) is 25.0 Å². The number of benzene rings is 1. The van der Waals surface area contributed by atoms with Gasteiger partial charge in [0.05, 0.1) is 11.7 Å². The number of phenolic OH excluding ortho intramolecular Hbond substituents is 1. The lowest BCUT2D eigenvalue weighted by Gasteiger charge is -2.32. The molecule has 0 unspecified atom stereocenters. The smallest absolute Gasteiger partial charge is 0.307 e. The van der Waals surface area contributed by atoms with E-state index in [0.717, 1.165) is 30.2 Å². The van der Waals surface area contributed by atoms with Crippen LogP contribution in [0.4, 0.5) is 4.39 Å². The summed E-state index contributed by atoms with van der Waals surface area (Å²) in [6.07, 6.45) is 8.00. The first-order chi connectivity index (χ1) is 26.5. The molecule has 0 bridgehead atoms.